The van der Waals surface area contributed by atoms with Crippen molar-refractivity contribution in [2.24, 2.45) is 0 Å². The third-order valence-electron chi connectivity index (χ3n) is 2.90. The molecule has 1 aromatic heterocycles. The van der Waals surface area contributed by atoms with E-state index in [-0.39, 0.29) is 10.8 Å². The van der Waals surface area contributed by atoms with E-state index in [2.05, 4.69) is 10.3 Å². The first-order chi connectivity index (χ1) is 9.63. The van der Waals surface area contributed by atoms with Crippen molar-refractivity contribution in [2.75, 3.05) is 5.32 Å². The Kier molecular flexibility index (Phi) is 3.16. The molecule has 0 fully saturated rings. The first-order valence-electron chi connectivity index (χ1n) is 5.94. The van der Waals surface area contributed by atoms with E-state index in [1.54, 1.807) is 36.4 Å². The van der Waals surface area contributed by atoms with Crippen LogP contribution in [0.25, 0.3) is 10.9 Å². The number of phenolic OH excluding ortho intramolecular Hbond substituents is 1. The van der Waals surface area contributed by atoms with Gasteiger partial charge in [-0.25, -0.2) is 9.37 Å². The molecule has 20 heavy (non-hydrogen) atoms. The Morgan fingerprint density at radius 2 is 1.95 bits per heavy atom. The summed E-state index contributed by atoms with van der Waals surface area (Å²) < 4.78 is 13.1. The molecule has 0 aliphatic rings. The van der Waals surface area contributed by atoms with Crippen molar-refractivity contribution >= 4 is 34.0 Å². The fourth-order valence-electron chi connectivity index (χ4n) is 1.93. The predicted octanol–water partition coefficient (Wildman–Crippen LogP) is 4.48. The maximum atomic E-state index is 13.1. The number of aromatic hydroxyl groups is 1. The normalized spacial score (nSPS) is 10.7. The van der Waals surface area contributed by atoms with Gasteiger partial charge in [-0.2, -0.15) is 0 Å². The summed E-state index contributed by atoms with van der Waals surface area (Å²) in [6.07, 6.45) is 0. The topological polar surface area (TPSA) is 45.2 Å². The van der Waals surface area contributed by atoms with Crippen molar-refractivity contribution in [3.8, 4) is 5.75 Å². The lowest BCUT2D eigenvalue weighted by molar-refractivity contribution is 0.481. The summed E-state index contributed by atoms with van der Waals surface area (Å²) in [5.41, 5.74) is 1.31. The molecule has 0 spiro atoms. The fourth-order valence-corrected chi connectivity index (χ4v) is 2.11. The molecule has 0 atom stereocenters. The molecule has 0 saturated heterocycles. The monoisotopic (exact) mass is 288 g/mol. The maximum Gasteiger partial charge on any atom is 0.141 e. The molecule has 1 heterocycles. The van der Waals surface area contributed by atoms with Gasteiger partial charge < -0.3 is 10.4 Å². The zero-order valence-electron chi connectivity index (χ0n) is 10.3. The molecule has 2 N–H and O–H groups in total. The van der Waals surface area contributed by atoms with Crippen LogP contribution in [-0.4, -0.2) is 10.1 Å². The molecule has 3 aromatic rings. The Hall–Kier alpha value is -2.33. The highest BCUT2D eigenvalue weighted by molar-refractivity contribution is 6.31. The summed E-state index contributed by atoms with van der Waals surface area (Å²) in [5.74, 6) is 0.311. The highest BCUT2D eigenvalue weighted by Gasteiger charge is 2.04. The number of rotatable bonds is 2. The number of hydrogen-bond acceptors (Lipinski definition) is 3. The standard InChI is InChI=1S/C15H10ClFN2O/c16-11-8-9(4-6-12(11)17)18-15-7-5-10-13(19-15)2-1-3-14(10)20/h1-8,20H,(H,18,19). The van der Waals surface area contributed by atoms with Crippen molar-refractivity contribution in [1.82, 2.24) is 4.98 Å². The molecule has 2 aromatic carbocycles. The average molecular weight is 289 g/mol. The minimum atomic E-state index is -0.464. The van der Waals surface area contributed by atoms with Gasteiger partial charge in [0.2, 0.25) is 0 Å². The van der Waals surface area contributed by atoms with Crippen molar-refractivity contribution in [1.29, 1.82) is 0 Å². The molecule has 0 amide bonds. The average Bonchev–Trinajstić information content (AvgIpc) is 2.43. The third kappa shape index (κ3) is 2.38. The number of benzene rings is 2. The van der Waals surface area contributed by atoms with Gasteiger partial charge in [-0.15, -0.1) is 0 Å². The second-order valence-electron chi connectivity index (χ2n) is 4.29. The van der Waals surface area contributed by atoms with Gasteiger partial charge in [0, 0.05) is 11.1 Å². The number of pyridine rings is 1. The van der Waals surface area contributed by atoms with Gasteiger partial charge in [-0.3, -0.25) is 0 Å². The Morgan fingerprint density at radius 1 is 1.10 bits per heavy atom. The van der Waals surface area contributed by atoms with E-state index in [1.165, 1.54) is 12.1 Å². The van der Waals surface area contributed by atoms with Crippen LogP contribution in [0, 0.1) is 5.82 Å². The predicted molar refractivity (Wildman–Crippen MR) is 78.1 cm³/mol. The van der Waals surface area contributed by atoms with Crippen LogP contribution in [-0.2, 0) is 0 Å². The first kappa shape index (κ1) is 12.7. The Morgan fingerprint density at radius 3 is 2.75 bits per heavy atom. The summed E-state index contributed by atoms with van der Waals surface area (Å²) in [6, 6.07) is 13.0. The molecule has 0 radical (unpaired) electrons. The molecular formula is C15H10ClFN2O. The number of hydrogen-bond donors (Lipinski definition) is 2. The zero-order chi connectivity index (χ0) is 14.1. The van der Waals surface area contributed by atoms with Crippen LogP contribution in [0.2, 0.25) is 5.02 Å². The van der Waals surface area contributed by atoms with E-state index in [1.807, 2.05) is 0 Å². The summed E-state index contributed by atoms with van der Waals surface area (Å²) >= 11 is 5.73. The van der Waals surface area contributed by atoms with E-state index in [4.69, 9.17) is 11.6 Å². The van der Waals surface area contributed by atoms with E-state index in [9.17, 15) is 9.50 Å². The molecule has 0 bridgehead atoms. The minimum absolute atomic E-state index is 0.0495. The summed E-state index contributed by atoms with van der Waals surface area (Å²) in [5, 5.41) is 13.5. The van der Waals surface area contributed by atoms with Crippen molar-refractivity contribution in [2.45, 2.75) is 0 Å². The highest BCUT2D eigenvalue weighted by Crippen LogP contribution is 2.26. The van der Waals surface area contributed by atoms with E-state index in [0.29, 0.717) is 22.4 Å². The molecule has 3 nitrogen and oxygen atoms in total. The first-order valence-corrected chi connectivity index (χ1v) is 6.32. The largest absolute Gasteiger partial charge is 0.507 e. The molecule has 3 rings (SSSR count). The van der Waals surface area contributed by atoms with Crippen LogP contribution < -0.4 is 5.32 Å². The molecule has 5 heteroatoms. The second-order valence-corrected chi connectivity index (χ2v) is 4.70. The zero-order valence-corrected chi connectivity index (χ0v) is 11.0. The SMILES string of the molecule is Oc1cccc2nc(Nc3ccc(F)c(Cl)c3)ccc12. The molecule has 0 aliphatic heterocycles. The van der Waals surface area contributed by atoms with Crippen molar-refractivity contribution in [3.05, 3.63) is 59.4 Å². The van der Waals surface area contributed by atoms with Crippen LogP contribution >= 0.6 is 11.6 Å². The lowest BCUT2D eigenvalue weighted by atomic mass is 10.2. The van der Waals surface area contributed by atoms with Crippen LogP contribution in [0.15, 0.2) is 48.5 Å². The smallest absolute Gasteiger partial charge is 0.141 e. The Balaban J connectivity index is 1.96. The van der Waals surface area contributed by atoms with E-state index in [0.717, 1.165) is 0 Å². The van der Waals surface area contributed by atoms with Gasteiger partial charge in [-0.05, 0) is 42.5 Å². The summed E-state index contributed by atoms with van der Waals surface area (Å²) in [4.78, 5) is 4.38. The van der Waals surface area contributed by atoms with Gasteiger partial charge >= 0.3 is 0 Å². The summed E-state index contributed by atoms with van der Waals surface area (Å²) in [7, 11) is 0. The summed E-state index contributed by atoms with van der Waals surface area (Å²) in [6.45, 7) is 0. The lowest BCUT2D eigenvalue weighted by Crippen LogP contribution is -1.94. The van der Waals surface area contributed by atoms with Gasteiger partial charge in [0.15, 0.2) is 0 Å². The van der Waals surface area contributed by atoms with Crippen molar-refractivity contribution < 1.29 is 9.50 Å². The van der Waals surface area contributed by atoms with Gasteiger partial charge in [-0.1, -0.05) is 17.7 Å². The van der Waals surface area contributed by atoms with Crippen molar-refractivity contribution in [3.63, 3.8) is 0 Å². The number of nitrogens with one attached hydrogen (secondary N) is 1. The number of halogens is 2. The molecular weight excluding hydrogens is 279 g/mol. The van der Waals surface area contributed by atoms with Gasteiger partial charge in [0.25, 0.3) is 0 Å². The third-order valence-corrected chi connectivity index (χ3v) is 3.19. The molecule has 100 valence electrons. The number of anilines is 2. The van der Waals surface area contributed by atoms with Crippen LogP contribution in [0.5, 0.6) is 5.75 Å². The van der Waals surface area contributed by atoms with E-state index < -0.39 is 5.82 Å². The lowest BCUT2D eigenvalue weighted by Gasteiger charge is -2.08. The Labute approximate surface area is 119 Å². The molecule has 0 saturated carbocycles. The maximum absolute atomic E-state index is 13.1. The number of aromatic nitrogens is 1. The van der Waals surface area contributed by atoms with Crippen LogP contribution in [0.1, 0.15) is 0 Å². The molecule has 0 unspecified atom stereocenters. The Bertz CT molecular complexity index is 792. The highest BCUT2D eigenvalue weighted by atomic mass is 35.5. The molecule has 0 aliphatic carbocycles. The van der Waals surface area contributed by atoms with Crippen LogP contribution in [0.4, 0.5) is 15.9 Å². The van der Waals surface area contributed by atoms with Gasteiger partial charge in [0.05, 0.1) is 10.5 Å². The number of nitrogens with zero attached hydrogens (tertiary/aromatic N) is 1. The van der Waals surface area contributed by atoms with Crippen LogP contribution in [0.3, 0.4) is 0 Å². The number of fused-ring (bicyclic) bond motifs is 1. The minimum Gasteiger partial charge on any atom is -0.507 e. The number of phenols is 1. The van der Waals surface area contributed by atoms with Gasteiger partial charge in [0.1, 0.15) is 17.4 Å². The second kappa shape index (κ2) is 4.98. The fraction of sp³-hybridized carbons (Fsp3) is 0. The quantitative estimate of drug-likeness (QED) is 0.731. The van der Waals surface area contributed by atoms with E-state index >= 15 is 0 Å².